The zero-order valence-electron chi connectivity index (χ0n) is 12.8. The van der Waals surface area contributed by atoms with Gasteiger partial charge in [0.1, 0.15) is 10.7 Å². The van der Waals surface area contributed by atoms with Crippen molar-refractivity contribution in [3.63, 3.8) is 0 Å². The van der Waals surface area contributed by atoms with E-state index in [2.05, 4.69) is 10.3 Å². The fourth-order valence-electron chi connectivity index (χ4n) is 2.21. The maximum Gasteiger partial charge on any atom is 0.351 e. The van der Waals surface area contributed by atoms with Gasteiger partial charge in [-0.3, -0.25) is 0 Å². The number of rotatable bonds is 6. The average Bonchev–Trinajstić information content (AvgIpc) is 3.09. The topological polar surface area (TPSA) is 62.2 Å². The van der Waals surface area contributed by atoms with E-state index in [1.54, 1.807) is 6.08 Å². The molecule has 0 unspecified atom stereocenters. The van der Waals surface area contributed by atoms with Gasteiger partial charge in [-0.2, -0.15) is 0 Å². The van der Waals surface area contributed by atoms with Crippen LogP contribution in [0, 0.1) is 0 Å². The van der Waals surface area contributed by atoms with E-state index in [1.165, 1.54) is 11.3 Å². The smallest absolute Gasteiger partial charge is 0.351 e. The molecule has 0 saturated heterocycles. The van der Waals surface area contributed by atoms with Gasteiger partial charge in [0.2, 0.25) is 0 Å². The Labute approximate surface area is 144 Å². The third-order valence-corrected chi connectivity index (χ3v) is 4.24. The van der Waals surface area contributed by atoms with E-state index < -0.39 is 5.97 Å². The highest BCUT2D eigenvalue weighted by atomic mass is 32.1. The number of hydrogen-bond donors (Lipinski definition) is 2. The first-order chi connectivity index (χ1) is 11.7. The van der Waals surface area contributed by atoms with Crippen molar-refractivity contribution in [3.05, 3.63) is 82.3 Å². The molecule has 0 spiro atoms. The molecule has 0 fully saturated rings. The highest BCUT2D eigenvalue weighted by molar-refractivity contribution is 7.09. The van der Waals surface area contributed by atoms with Gasteiger partial charge in [0.05, 0.1) is 12.2 Å². The molecule has 2 N–H and O–H groups in total. The van der Waals surface area contributed by atoms with E-state index in [1.807, 2.05) is 66.0 Å². The summed E-state index contributed by atoms with van der Waals surface area (Å²) in [5.74, 6) is -0.987. The van der Waals surface area contributed by atoms with Gasteiger partial charge in [-0.25, -0.2) is 9.78 Å². The van der Waals surface area contributed by atoms with Gasteiger partial charge < -0.3 is 10.4 Å². The van der Waals surface area contributed by atoms with E-state index in [4.69, 9.17) is 0 Å². The van der Waals surface area contributed by atoms with E-state index in [-0.39, 0.29) is 5.70 Å². The van der Waals surface area contributed by atoms with Gasteiger partial charge in [0.25, 0.3) is 0 Å². The van der Waals surface area contributed by atoms with E-state index in [9.17, 15) is 9.90 Å². The second-order valence-corrected chi connectivity index (χ2v) is 6.06. The molecule has 0 aliphatic heterocycles. The second-order valence-electron chi connectivity index (χ2n) is 5.12. The summed E-state index contributed by atoms with van der Waals surface area (Å²) in [4.78, 5) is 16.0. The summed E-state index contributed by atoms with van der Waals surface area (Å²) in [5, 5.41) is 15.1. The van der Waals surface area contributed by atoms with Crippen LogP contribution >= 0.6 is 11.3 Å². The summed E-state index contributed by atoms with van der Waals surface area (Å²) in [6.07, 6.45) is 1.62. The molecule has 1 heterocycles. The number of aliphatic carboxylic acids is 1. The lowest BCUT2D eigenvalue weighted by atomic mass is 10.2. The fraction of sp³-hybridized carbons (Fsp3) is 0.0526. The molecule has 0 aliphatic rings. The van der Waals surface area contributed by atoms with Gasteiger partial charge in [-0.1, -0.05) is 60.7 Å². The number of carboxylic acids is 1. The highest BCUT2D eigenvalue weighted by Gasteiger charge is 2.09. The number of hydrogen-bond acceptors (Lipinski definition) is 4. The molecule has 0 saturated carbocycles. The molecule has 0 aliphatic carbocycles. The van der Waals surface area contributed by atoms with Crippen LogP contribution in [0.3, 0.4) is 0 Å². The molecule has 4 nitrogen and oxygen atoms in total. The maximum atomic E-state index is 11.4. The minimum absolute atomic E-state index is 0.151. The molecule has 1 aromatic heterocycles. The van der Waals surface area contributed by atoms with Crippen LogP contribution in [0.25, 0.3) is 17.3 Å². The third kappa shape index (κ3) is 4.08. The predicted octanol–water partition coefficient (Wildman–Crippen LogP) is 4.03. The quantitative estimate of drug-likeness (QED) is 0.667. The van der Waals surface area contributed by atoms with Crippen molar-refractivity contribution in [1.82, 2.24) is 10.3 Å². The molecule has 0 radical (unpaired) electrons. The normalized spacial score (nSPS) is 11.2. The zero-order chi connectivity index (χ0) is 16.8. The van der Waals surface area contributed by atoms with Gasteiger partial charge in [-0.15, -0.1) is 11.3 Å². The SMILES string of the molecule is O=C(O)/C(=C\c1ccccc1)NCc1nc(-c2ccccc2)cs1. The number of nitrogens with zero attached hydrogens (tertiary/aromatic N) is 1. The van der Waals surface area contributed by atoms with Crippen LogP contribution in [-0.2, 0) is 11.3 Å². The molecular weight excluding hydrogens is 320 g/mol. The van der Waals surface area contributed by atoms with Crippen LogP contribution in [0.15, 0.2) is 71.7 Å². The summed E-state index contributed by atoms with van der Waals surface area (Å²) >= 11 is 1.51. The Hall–Kier alpha value is -2.92. The molecule has 0 atom stereocenters. The third-order valence-electron chi connectivity index (χ3n) is 3.39. The Balaban J connectivity index is 1.71. The summed E-state index contributed by atoms with van der Waals surface area (Å²) in [7, 11) is 0. The van der Waals surface area contributed by atoms with Crippen molar-refractivity contribution in [2.45, 2.75) is 6.54 Å². The van der Waals surface area contributed by atoms with Crippen molar-refractivity contribution < 1.29 is 9.90 Å². The van der Waals surface area contributed by atoms with E-state index >= 15 is 0 Å². The summed E-state index contributed by atoms with van der Waals surface area (Å²) in [6, 6.07) is 19.3. The van der Waals surface area contributed by atoms with Crippen LogP contribution in [0.4, 0.5) is 0 Å². The Bertz CT molecular complexity index is 842. The van der Waals surface area contributed by atoms with Crippen LogP contribution < -0.4 is 5.32 Å². The van der Waals surface area contributed by atoms with Crippen molar-refractivity contribution in [1.29, 1.82) is 0 Å². The number of nitrogens with one attached hydrogen (secondary N) is 1. The average molecular weight is 336 g/mol. The zero-order valence-corrected chi connectivity index (χ0v) is 13.7. The molecular formula is C19H16N2O2S. The van der Waals surface area contributed by atoms with E-state index in [0.717, 1.165) is 21.8 Å². The Kier molecular flexibility index (Phi) is 5.03. The summed E-state index contributed by atoms with van der Waals surface area (Å²) in [5.41, 5.74) is 2.95. The molecule has 3 rings (SSSR count). The Morgan fingerprint density at radius 3 is 2.42 bits per heavy atom. The number of benzene rings is 2. The van der Waals surface area contributed by atoms with Crippen LogP contribution in [0.5, 0.6) is 0 Å². The highest BCUT2D eigenvalue weighted by Crippen LogP contribution is 2.21. The first-order valence-electron chi connectivity index (χ1n) is 7.46. The van der Waals surface area contributed by atoms with Crippen LogP contribution in [-0.4, -0.2) is 16.1 Å². The number of carbonyl (C=O) groups is 1. The summed E-state index contributed by atoms with van der Waals surface area (Å²) in [6.45, 7) is 0.377. The molecule has 24 heavy (non-hydrogen) atoms. The minimum atomic E-state index is -0.987. The molecule has 0 bridgehead atoms. The maximum absolute atomic E-state index is 11.4. The van der Waals surface area contributed by atoms with E-state index in [0.29, 0.717) is 6.54 Å². The van der Waals surface area contributed by atoms with Gasteiger partial charge in [0, 0.05) is 10.9 Å². The van der Waals surface area contributed by atoms with Crippen molar-refractivity contribution in [2.75, 3.05) is 0 Å². The van der Waals surface area contributed by atoms with Crippen molar-refractivity contribution >= 4 is 23.4 Å². The van der Waals surface area contributed by atoms with Gasteiger partial charge in [-0.05, 0) is 11.6 Å². The van der Waals surface area contributed by atoms with Crippen LogP contribution in [0.2, 0.25) is 0 Å². The predicted molar refractivity (Wildman–Crippen MR) is 96.4 cm³/mol. The molecule has 5 heteroatoms. The largest absolute Gasteiger partial charge is 0.477 e. The summed E-state index contributed by atoms with van der Waals surface area (Å²) < 4.78 is 0. The number of carboxylic acid groups (broad SMARTS) is 1. The Morgan fingerprint density at radius 1 is 1.08 bits per heavy atom. The lowest BCUT2D eigenvalue weighted by molar-refractivity contribution is -0.133. The first kappa shape index (κ1) is 16.0. The molecule has 120 valence electrons. The van der Waals surface area contributed by atoms with Gasteiger partial charge in [0.15, 0.2) is 0 Å². The van der Waals surface area contributed by atoms with Crippen molar-refractivity contribution in [2.24, 2.45) is 0 Å². The second kappa shape index (κ2) is 7.57. The standard InChI is InChI=1S/C19H16N2O2S/c22-19(23)16(11-14-7-3-1-4-8-14)20-12-18-21-17(13-24-18)15-9-5-2-6-10-15/h1-11,13,20H,12H2,(H,22,23)/b16-11+. The first-order valence-corrected chi connectivity index (χ1v) is 8.34. The fourth-order valence-corrected chi connectivity index (χ4v) is 2.95. The lowest BCUT2D eigenvalue weighted by Gasteiger charge is -2.05. The number of thiazole rings is 1. The van der Waals surface area contributed by atoms with Crippen LogP contribution in [0.1, 0.15) is 10.6 Å². The molecule has 3 aromatic rings. The Morgan fingerprint density at radius 2 is 1.75 bits per heavy atom. The minimum Gasteiger partial charge on any atom is -0.477 e. The van der Waals surface area contributed by atoms with Crippen molar-refractivity contribution in [3.8, 4) is 11.3 Å². The number of aromatic nitrogens is 1. The van der Waals surface area contributed by atoms with Gasteiger partial charge >= 0.3 is 5.97 Å². The lowest BCUT2D eigenvalue weighted by Crippen LogP contribution is -2.19. The monoisotopic (exact) mass is 336 g/mol. The molecule has 0 amide bonds. The molecule has 2 aromatic carbocycles.